The normalized spacial score (nSPS) is 14.7. The lowest BCUT2D eigenvalue weighted by Crippen LogP contribution is -2.50. The Labute approximate surface area is 122 Å². The molecule has 0 radical (unpaired) electrons. The van der Waals surface area contributed by atoms with Crippen LogP contribution in [0.1, 0.15) is 68.2 Å². The van der Waals surface area contributed by atoms with E-state index in [1.54, 1.807) is 0 Å². The SMILES string of the molecule is CCNC(C)C(C)(C)CN(CC(C)C)C(CC)CC. The molecule has 1 N–H and O–H groups in total. The Kier molecular flexibility index (Phi) is 8.93. The third-order valence-electron chi connectivity index (χ3n) is 4.35. The van der Waals surface area contributed by atoms with Crippen molar-refractivity contribution >= 4 is 0 Å². The average molecular weight is 271 g/mol. The Bertz CT molecular complexity index is 219. The highest BCUT2D eigenvalue weighted by atomic mass is 15.2. The van der Waals surface area contributed by atoms with Gasteiger partial charge in [-0.2, -0.15) is 0 Å². The molecule has 0 saturated carbocycles. The van der Waals surface area contributed by atoms with Crippen molar-refractivity contribution in [1.29, 1.82) is 0 Å². The molecule has 0 bridgehead atoms. The first-order chi connectivity index (χ1) is 8.78. The minimum Gasteiger partial charge on any atom is -0.314 e. The molecule has 19 heavy (non-hydrogen) atoms. The second-order valence-electron chi connectivity index (χ2n) is 7.06. The van der Waals surface area contributed by atoms with Crippen LogP contribution in [-0.2, 0) is 0 Å². The summed E-state index contributed by atoms with van der Waals surface area (Å²) in [4.78, 5) is 2.72. The quantitative estimate of drug-likeness (QED) is 0.641. The largest absolute Gasteiger partial charge is 0.314 e. The van der Waals surface area contributed by atoms with Crippen LogP contribution in [-0.4, -0.2) is 36.6 Å². The van der Waals surface area contributed by atoms with Crippen molar-refractivity contribution in [2.24, 2.45) is 11.3 Å². The lowest BCUT2D eigenvalue weighted by Gasteiger charge is -2.41. The molecule has 0 fully saturated rings. The van der Waals surface area contributed by atoms with E-state index in [-0.39, 0.29) is 0 Å². The lowest BCUT2D eigenvalue weighted by molar-refractivity contribution is 0.0893. The predicted octanol–water partition coefficient (Wildman–Crippen LogP) is 4.16. The molecule has 2 heteroatoms. The summed E-state index contributed by atoms with van der Waals surface area (Å²) in [6.07, 6.45) is 2.52. The molecular formula is C17H38N2. The average Bonchev–Trinajstić information content (AvgIpc) is 2.29. The second kappa shape index (κ2) is 8.97. The van der Waals surface area contributed by atoms with Crippen molar-refractivity contribution in [3.63, 3.8) is 0 Å². The van der Waals surface area contributed by atoms with Crippen LogP contribution in [0.2, 0.25) is 0 Å². The molecule has 0 aliphatic heterocycles. The van der Waals surface area contributed by atoms with Crippen molar-refractivity contribution in [2.75, 3.05) is 19.6 Å². The van der Waals surface area contributed by atoms with Gasteiger partial charge in [-0.15, -0.1) is 0 Å². The first-order valence-electron chi connectivity index (χ1n) is 8.25. The molecule has 0 amide bonds. The van der Waals surface area contributed by atoms with E-state index in [2.05, 4.69) is 65.6 Å². The summed E-state index contributed by atoms with van der Waals surface area (Å²) >= 11 is 0. The minimum absolute atomic E-state index is 0.313. The van der Waals surface area contributed by atoms with Gasteiger partial charge in [0.2, 0.25) is 0 Å². The minimum atomic E-state index is 0.313. The molecule has 0 heterocycles. The van der Waals surface area contributed by atoms with Crippen LogP contribution < -0.4 is 5.32 Å². The van der Waals surface area contributed by atoms with Crippen molar-refractivity contribution in [3.05, 3.63) is 0 Å². The van der Waals surface area contributed by atoms with Gasteiger partial charge in [-0.3, -0.25) is 4.90 Å². The molecule has 0 spiro atoms. The number of rotatable bonds is 10. The second-order valence-corrected chi connectivity index (χ2v) is 7.06. The van der Waals surface area contributed by atoms with Crippen molar-refractivity contribution in [3.8, 4) is 0 Å². The third-order valence-corrected chi connectivity index (χ3v) is 4.35. The Hall–Kier alpha value is -0.0800. The first-order valence-corrected chi connectivity index (χ1v) is 8.25. The van der Waals surface area contributed by atoms with Crippen LogP contribution in [0, 0.1) is 11.3 Å². The van der Waals surface area contributed by atoms with E-state index in [0.717, 1.165) is 18.5 Å². The van der Waals surface area contributed by atoms with E-state index >= 15 is 0 Å². The van der Waals surface area contributed by atoms with Crippen LogP contribution in [0.5, 0.6) is 0 Å². The van der Waals surface area contributed by atoms with Crippen LogP contribution in [0.25, 0.3) is 0 Å². The van der Waals surface area contributed by atoms with Crippen LogP contribution in [0.15, 0.2) is 0 Å². The van der Waals surface area contributed by atoms with Gasteiger partial charge >= 0.3 is 0 Å². The maximum absolute atomic E-state index is 3.59. The number of hydrogen-bond donors (Lipinski definition) is 1. The Balaban J connectivity index is 4.77. The highest BCUT2D eigenvalue weighted by Gasteiger charge is 2.30. The monoisotopic (exact) mass is 270 g/mol. The van der Waals surface area contributed by atoms with Crippen LogP contribution in [0.3, 0.4) is 0 Å². The summed E-state index contributed by atoms with van der Waals surface area (Å²) in [6.45, 7) is 22.1. The van der Waals surface area contributed by atoms with Gasteiger partial charge in [0.25, 0.3) is 0 Å². The molecular weight excluding hydrogens is 232 g/mol. The third kappa shape index (κ3) is 6.76. The lowest BCUT2D eigenvalue weighted by atomic mass is 9.83. The number of hydrogen-bond acceptors (Lipinski definition) is 2. The van der Waals surface area contributed by atoms with E-state index in [1.807, 2.05) is 0 Å². The Morgan fingerprint density at radius 1 is 1.00 bits per heavy atom. The van der Waals surface area contributed by atoms with Crippen molar-refractivity contribution < 1.29 is 0 Å². The van der Waals surface area contributed by atoms with E-state index in [9.17, 15) is 0 Å². The van der Waals surface area contributed by atoms with Gasteiger partial charge in [0.05, 0.1) is 0 Å². The molecule has 0 aromatic heterocycles. The fourth-order valence-corrected chi connectivity index (χ4v) is 2.86. The smallest absolute Gasteiger partial charge is 0.0102 e. The van der Waals surface area contributed by atoms with Gasteiger partial charge in [-0.05, 0) is 37.6 Å². The standard InChI is InChI=1S/C17H38N2/c1-9-16(10-2)19(12-14(4)5)13-17(7,8)15(6)18-11-3/h14-16,18H,9-13H2,1-8H3. The number of nitrogens with zero attached hydrogens (tertiary/aromatic N) is 1. The molecule has 1 atom stereocenters. The highest BCUT2D eigenvalue weighted by molar-refractivity contribution is 4.86. The predicted molar refractivity (Wildman–Crippen MR) is 87.7 cm³/mol. The fourth-order valence-electron chi connectivity index (χ4n) is 2.86. The van der Waals surface area contributed by atoms with Gasteiger partial charge in [-0.1, -0.05) is 48.5 Å². The number of nitrogens with one attached hydrogen (secondary N) is 1. The molecule has 0 saturated heterocycles. The molecule has 0 rings (SSSR count). The summed E-state index contributed by atoms with van der Waals surface area (Å²) < 4.78 is 0. The summed E-state index contributed by atoms with van der Waals surface area (Å²) in [5, 5.41) is 3.59. The van der Waals surface area contributed by atoms with E-state index in [0.29, 0.717) is 11.5 Å². The maximum Gasteiger partial charge on any atom is 0.0102 e. The van der Waals surface area contributed by atoms with Gasteiger partial charge in [0.1, 0.15) is 0 Å². The fraction of sp³-hybridized carbons (Fsp3) is 1.00. The Morgan fingerprint density at radius 3 is 1.89 bits per heavy atom. The topological polar surface area (TPSA) is 15.3 Å². The zero-order chi connectivity index (χ0) is 15.1. The summed E-state index contributed by atoms with van der Waals surface area (Å²) in [5.74, 6) is 0.742. The molecule has 0 aromatic rings. The molecule has 2 nitrogen and oxygen atoms in total. The van der Waals surface area contributed by atoms with E-state index in [1.165, 1.54) is 25.9 Å². The van der Waals surface area contributed by atoms with Crippen molar-refractivity contribution in [2.45, 2.75) is 80.3 Å². The molecule has 1 unspecified atom stereocenters. The van der Waals surface area contributed by atoms with Crippen LogP contribution >= 0.6 is 0 Å². The van der Waals surface area contributed by atoms with E-state index in [4.69, 9.17) is 0 Å². The van der Waals surface area contributed by atoms with Gasteiger partial charge < -0.3 is 5.32 Å². The van der Waals surface area contributed by atoms with Gasteiger partial charge in [0.15, 0.2) is 0 Å². The molecule has 0 aromatic carbocycles. The molecule has 116 valence electrons. The van der Waals surface area contributed by atoms with Gasteiger partial charge in [-0.25, -0.2) is 0 Å². The van der Waals surface area contributed by atoms with Crippen molar-refractivity contribution in [1.82, 2.24) is 10.2 Å². The Morgan fingerprint density at radius 2 is 1.53 bits per heavy atom. The summed E-state index contributed by atoms with van der Waals surface area (Å²) in [6, 6.07) is 1.29. The highest BCUT2D eigenvalue weighted by Crippen LogP contribution is 2.25. The zero-order valence-corrected chi connectivity index (χ0v) is 14.7. The summed E-state index contributed by atoms with van der Waals surface area (Å²) in [5.41, 5.74) is 0.313. The molecule has 0 aliphatic carbocycles. The van der Waals surface area contributed by atoms with Crippen LogP contribution in [0.4, 0.5) is 0 Å². The van der Waals surface area contributed by atoms with E-state index < -0.39 is 0 Å². The molecule has 0 aliphatic rings. The van der Waals surface area contributed by atoms with Gasteiger partial charge in [0, 0.05) is 25.2 Å². The zero-order valence-electron chi connectivity index (χ0n) is 14.7. The summed E-state index contributed by atoms with van der Waals surface area (Å²) in [7, 11) is 0. The first kappa shape index (κ1) is 18.9. The maximum atomic E-state index is 3.59.